The van der Waals surface area contributed by atoms with Gasteiger partial charge in [0.1, 0.15) is 5.75 Å². The van der Waals surface area contributed by atoms with Crippen LogP contribution in [0.5, 0.6) is 5.75 Å². The van der Waals surface area contributed by atoms with Crippen LogP contribution in [0.3, 0.4) is 0 Å². The number of hydrogen-bond donors (Lipinski definition) is 1. The molecule has 0 radical (unpaired) electrons. The Hall–Kier alpha value is -1.81. The minimum atomic E-state index is 0.568. The molecule has 0 saturated heterocycles. The third-order valence-electron chi connectivity index (χ3n) is 3.27. The van der Waals surface area contributed by atoms with Crippen LogP contribution in [-0.4, -0.2) is 22.7 Å². The van der Waals surface area contributed by atoms with Crippen LogP contribution in [0, 0.1) is 5.92 Å². The second kappa shape index (κ2) is 8.47. The smallest absolute Gasteiger partial charge is 0.119 e. The van der Waals surface area contributed by atoms with E-state index in [1.54, 1.807) is 0 Å². The number of imidazole rings is 1. The van der Waals surface area contributed by atoms with E-state index in [2.05, 4.69) is 46.9 Å². The van der Waals surface area contributed by atoms with E-state index in [4.69, 9.17) is 4.74 Å². The van der Waals surface area contributed by atoms with Crippen molar-refractivity contribution in [1.29, 1.82) is 0 Å². The summed E-state index contributed by atoms with van der Waals surface area (Å²) in [5.41, 5.74) is 1.26. The average Bonchev–Trinajstić information content (AvgIpc) is 2.98. The Morgan fingerprint density at radius 3 is 3.05 bits per heavy atom. The fourth-order valence-corrected chi connectivity index (χ4v) is 2.25. The summed E-state index contributed by atoms with van der Waals surface area (Å²) in [7, 11) is 0. The lowest BCUT2D eigenvalue weighted by Gasteiger charge is -2.13. The van der Waals surface area contributed by atoms with Crippen LogP contribution in [0.2, 0.25) is 0 Å². The molecule has 2 rings (SSSR count). The van der Waals surface area contributed by atoms with Crippen LogP contribution in [0.15, 0.2) is 43.0 Å². The van der Waals surface area contributed by atoms with E-state index >= 15 is 0 Å². The summed E-state index contributed by atoms with van der Waals surface area (Å²) in [5, 5.41) is 3.51. The van der Waals surface area contributed by atoms with Crippen LogP contribution in [0.1, 0.15) is 25.8 Å². The predicted molar refractivity (Wildman–Crippen MR) is 85.3 cm³/mol. The zero-order valence-corrected chi connectivity index (χ0v) is 13.0. The molecule has 2 aromatic rings. The van der Waals surface area contributed by atoms with Gasteiger partial charge < -0.3 is 14.6 Å². The molecular formula is C17H25N3O. The Kier molecular flexibility index (Phi) is 6.28. The van der Waals surface area contributed by atoms with Crippen LogP contribution in [0.4, 0.5) is 0 Å². The standard InChI is InChI=1S/C17H25N3O/c1-3-9-21-17-6-4-5-16(10-17)12-19-11-15(2)13-20-8-7-18-14-20/h4-8,10,14-15,19H,3,9,11-13H2,1-2H3. The minimum Gasteiger partial charge on any atom is -0.494 e. The summed E-state index contributed by atoms with van der Waals surface area (Å²) in [6.07, 6.45) is 6.73. The zero-order valence-electron chi connectivity index (χ0n) is 13.0. The normalized spacial score (nSPS) is 12.3. The van der Waals surface area contributed by atoms with Gasteiger partial charge in [-0.2, -0.15) is 0 Å². The number of ether oxygens (including phenoxy) is 1. The number of rotatable bonds is 9. The van der Waals surface area contributed by atoms with Gasteiger partial charge >= 0.3 is 0 Å². The van der Waals surface area contributed by atoms with Crippen molar-refractivity contribution in [1.82, 2.24) is 14.9 Å². The molecule has 1 unspecified atom stereocenters. The van der Waals surface area contributed by atoms with Gasteiger partial charge in [0.15, 0.2) is 0 Å². The lowest BCUT2D eigenvalue weighted by molar-refractivity contribution is 0.317. The first kappa shape index (κ1) is 15.6. The van der Waals surface area contributed by atoms with E-state index < -0.39 is 0 Å². The molecule has 0 fully saturated rings. The summed E-state index contributed by atoms with van der Waals surface area (Å²) >= 11 is 0. The predicted octanol–water partition coefficient (Wildman–Crippen LogP) is 3.10. The van der Waals surface area contributed by atoms with Crippen LogP contribution >= 0.6 is 0 Å². The van der Waals surface area contributed by atoms with Gasteiger partial charge in [-0.3, -0.25) is 0 Å². The summed E-state index contributed by atoms with van der Waals surface area (Å²) in [4.78, 5) is 4.07. The maximum absolute atomic E-state index is 5.66. The summed E-state index contributed by atoms with van der Waals surface area (Å²) in [6.45, 7) is 7.99. The molecule has 4 heteroatoms. The molecule has 21 heavy (non-hydrogen) atoms. The van der Waals surface area contributed by atoms with E-state index in [1.165, 1.54) is 5.56 Å². The third kappa shape index (κ3) is 5.60. The van der Waals surface area contributed by atoms with E-state index in [0.29, 0.717) is 5.92 Å². The van der Waals surface area contributed by atoms with Gasteiger partial charge in [0, 0.05) is 25.5 Å². The van der Waals surface area contributed by atoms with E-state index in [9.17, 15) is 0 Å². The quantitative estimate of drug-likeness (QED) is 0.770. The molecule has 1 N–H and O–H groups in total. The first-order chi connectivity index (χ1) is 10.3. The molecular weight excluding hydrogens is 262 g/mol. The second-order valence-corrected chi connectivity index (χ2v) is 5.49. The fraction of sp³-hybridized carbons (Fsp3) is 0.471. The summed E-state index contributed by atoms with van der Waals surface area (Å²) < 4.78 is 7.77. The first-order valence-electron chi connectivity index (χ1n) is 7.66. The Morgan fingerprint density at radius 1 is 1.38 bits per heavy atom. The first-order valence-corrected chi connectivity index (χ1v) is 7.66. The molecule has 4 nitrogen and oxygen atoms in total. The molecule has 1 atom stereocenters. The second-order valence-electron chi connectivity index (χ2n) is 5.49. The number of hydrogen-bond acceptors (Lipinski definition) is 3. The van der Waals surface area contributed by atoms with E-state index in [-0.39, 0.29) is 0 Å². The largest absolute Gasteiger partial charge is 0.494 e. The molecule has 1 heterocycles. The third-order valence-corrected chi connectivity index (χ3v) is 3.27. The maximum atomic E-state index is 5.66. The van der Waals surface area contributed by atoms with Crippen molar-refractivity contribution >= 4 is 0 Å². The molecule has 0 bridgehead atoms. The molecule has 1 aromatic carbocycles. The van der Waals surface area contributed by atoms with Crippen molar-refractivity contribution in [2.75, 3.05) is 13.2 Å². The molecule has 0 aliphatic heterocycles. The number of aromatic nitrogens is 2. The molecule has 0 aliphatic carbocycles. The summed E-state index contributed by atoms with van der Waals surface area (Å²) in [6, 6.07) is 8.31. The Morgan fingerprint density at radius 2 is 2.29 bits per heavy atom. The zero-order chi connectivity index (χ0) is 14.9. The van der Waals surface area contributed by atoms with Crippen LogP contribution < -0.4 is 10.1 Å². The lowest BCUT2D eigenvalue weighted by atomic mass is 10.1. The SMILES string of the molecule is CCCOc1cccc(CNCC(C)Cn2ccnc2)c1. The Balaban J connectivity index is 1.72. The molecule has 0 amide bonds. The van der Waals surface area contributed by atoms with Gasteiger partial charge in [-0.25, -0.2) is 4.98 Å². The minimum absolute atomic E-state index is 0.568. The Bertz CT molecular complexity index is 511. The van der Waals surface area contributed by atoms with Crippen molar-refractivity contribution in [2.45, 2.75) is 33.4 Å². The van der Waals surface area contributed by atoms with Gasteiger partial charge in [0.05, 0.1) is 12.9 Å². The maximum Gasteiger partial charge on any atom is 0.119 e. The number of nitrogens with zero attached hydrogens (tertiary/aromatic N) is 2. The lowest BCUT2D eigenvalue weighted by Crippen LogP contribution is -2.23. The molecule has 0 saturated carbocycles. The van der Waals surface area contributed by atoms with E-state index in [0.717, 1.165) is 38.4 Å². The Labute approximate surface area is 127 Å². The highest BCUT2D eigenvalue weighted by atomic mass is 16.5. The van der Waals surface area contributed by atoms with Crippen molar-refractivity contribution < 1.29 is 4.74 Å². The highest BCUT2D eigenvalue weighted by molar-refractivity contribution is 5.28. The highest BCUT2D eigenvalue weighted by Crippen LogP contribution is 2.13. The van der Waals surface area contributed by atoms with Gasteiger partial charge in [0.25, 0.3) is 0 Å². The number of nitrogens with one attached hydrogen (secondary N) is 1. The summed E-state index contributed by atoms with van der Waals surface area (Å²) in [5.74, 6) is 1.53. The molecule has 0 aliphatic rings. The van der Waals surface area contributed by atoms with Crippen LogP contribution in [0.25, 0.3) is 0 Å². The number of benzene rings is 1. The van der Waals surface area contributed by atoms with Crippen molar-refractivity contribution in [3.63, 3.8) is 0 Å². The highest BCUT2D eigenvalue weighted by Gasteiger charge is 2.03. The monoisotopic (exact) mass is 287 g/mol. The molecule has 114 valence electrons. The van der Waals surface area contributed by atoms with Gasteiger partial charge in [-0.1, -0.05) is 26.0 Å². The topological polar surface area (TPSA) is 39.1 Å². The van der Waals surface area contributed by atoms with Crippen molar-refractivity contribution in [3.05, 3.63) is 48.5 Å². The van der Waals surface area contributed by atoms with Crippen molar-refractivity contribution in [2.24, 2.45) is 5.92 Å². The van der Waals surface area contributed by atoms with Gasteiger partial charge in [-0.15, -0.1) is 0 Å². The average molecular weight is 287 g/mol. The fourth-order valence-electron chi connectivity index (χ4n) is 2.25. The van der Waals surface area contributed by atoms with Crippen LogP contribution in [-0.2, 0) is 13.1 Å². The molecule has 0 spiro atoms. The van der Waals surface area contributed by atoms with Crippen molar-refractivity contribution in [3.8, 4) is 5.75 Å². The molecule has 1 aromatic heterocycles. The van der Waals surface area contributed by atoms with Gasteiger partial charge in [0.2, 0.25) is 0 Å². The van der Waals surface area contributed by atoms with Gasteiger partial charge in [-0.05, 0) is 36.6 Å². The van der Waals surface area contributed by atoms with E-state index in [1.807, 2.05) is 24.8 Å².